The number of hydrogen-bond donors (Lipinski definition) is 1. The quantitative estimate of drug-likeness (QED) is 0.667. The van der Waals surface area contributed by atoms with E-state index in [4.69, 9.17) is 0 Å². The second-order valence-corrected chi connectivity index (χ2v) is 4.36. The normalized spacial score (nSPS) is 10.9. The fraction of sp³-hybridized carbons (Fsp3) is 0.167. The Morgan fingerprint density at radius 2 is 1.75 bits per heavy atom. The Kier molecular flexibility index (Phi) is 5.63. The smallest absolute Gasteiger partial charge is 0.354 e. The molecule has 0 amide bonds. The summed E-state index contributed by atoms with van der Waals surface area (Å²) in [7, 11) is 2.15. The van der Waals surface area contributed by atoms with E-state index in [-0.39, 0.29) is 4.47 Å². The highest BCUT2D eigenvalue weighted by atomic mass is 79.9. The van der Waals surface area contributed by atoms with Crippen LogP contribution in [0.5, 0.6) is 0 Å². The molecule has 0 atom stereocenters. The first-order chi connectivity index (χ1) is 9.38. The minimum Gasteiger partial charge on any atom is -0.466 e. The average molecular weight is 350 g/mol. The van der Waals surface area contributed by atoms with Crippen molar-refractivity contribution < 1.29 is 27.8 Å². The fourth-order valence-corrected chi connectivity index (χ4v) is 1.63. The number of hydrogen-bond acceptors (Lipinski definition) is 5. The van der Waals surface area contributed by atoms with E-state index in [1.54, 1.807) is 0 Å². The van der Waals surface area contributed by atoms with Crippen LogP contribution in [0.15, 0.2) is 28.4 Å². The van der Waals surface area contributed by atoms with Crippen molar-refractivity contribution in [3.63, 3.8) is 0 Å². The van der Waals surface area contributed by atoms with Crippen LogP contribution in [0.2, 0.25) is 0 Å². The lowest BCUT2D eigenvalue weighted by molar-refractivity contribution is -0.138. The van der Waals surface area contributed by atoms with Gasteiger partial charge >= 0.3 is 11.9 Å². The van der Waals surface area contributed by atoms with Crippen LogP contribution in [0.4, 0.5) is 14.5 Å². The van der Waals surface area contributed by atoms with E-state index in [0.717, 1.165) is 32.4 Å². The molecule has 0 aliphatic heterocycles. The summed E-state index contributed by atoms with van der Waals surface area (Å²) in [6.45, 7) is 0. The molecular formula is C12H10BrF2NO4. The molecule has 1 aromatic rings. The number of carbonyl (C=O) groups excluding carboxylic acids is 2. The minimum absolute atomic E-state index is 0.189. The van der Waals surface area contributed by atoms with Gasteiger partial charge in [0.05, 0.1) is 20.3 Å². The van der Waals surface area contributed by atoms with Gasteiger partial charge in [-0.2, -0.15) is 0 Å². The van der Waals surface area contributed by atoms with Crippen LogP contribution >= 0.6 is 15.9 Å². The Morgan fingerprint density at radius 1 is 1.20 bits per heavy atom. The maximum absolute atomic E-state index is 13.6. The van der Waals surface area contributed by atoms with E-state index >= 15 is 0 Å². The zero-order valence-corrected chi connectivity index (χ0v) is 12.1. The van der Waals surface area contributed by atoms with Gasteiger partial charge in [-0.25, -0.2) is 18.4 Å². The maximum atomic E-state index is 13.6. The van der Waals surface area contributed by atoms with E-state index in [0.29, 0.717) is 0 Å². The summed E-state index contributed by atoms with van der Waals surface area (Å²) in [5, 5.41) is 2.17. The number of esters is 2. The Bertz CT molecular complexity index is 552. The number of carbonyl (C=O) groups is 2. The first-order valence-electron chi connectivity index (χ1n) is 5.18. The van der Waals surface area contributed by atoms with Gasteiger partial charge in [0.15, 0.2) is 11.6 Å². The molecule has 5 nitrogen and oxygen atoms in total. The van der Waals surface area contributed by atoms with Gasteiger partial charge in [-0.05, 0) is 12.1 Å². The van der Waals surface area contributed by atoms with Crippen LogP contribution in [0.3, 0.4) is 0 Å². The van der Waals surface area contributed by atoms with Gasteiger partial charge in [0.25, 0.3) is 0 Å². The predicted octanol–water partition coefficient (Wildman–Crippen LogP) is 2.37. The Labute approximate surface area is 121 Å². The number of benzene rings is 1. The number of rotatable bonds is 4. The highest BCUT2D eigenvalue weighted by Gasteiger charge is 2.18. The standard InChI is InChI=1S/C12H10BrF2NO4/c1-19-10(17)5-9(12(18)20-2)16-11-7(14)3-6(13)4-8(11)15/h3-5,16H,1-2H3/b9-5+. The van der Waals surface area contributed by atoms with E-state index in [9.17, 15) is 18.4 Å². The first-order valence-corrected chi connectivity index (χ1v) is 5.97. The van der Waals surface area contributed by atoms with Gasteiger partial charge in [0.2, 0.25) is 0 Å². The molecule has 8 heteroatoms. The predicted molar refractivity (Wildman–Crippen MR) is 69.8 cm³/mol. The highest BCUT2D eigenvalue weighted by Crippen LogP contribution is 2.25. The lowest BCUT2D eigenvalue weighted by Gasteiger charge is -2.11. The maximum Gasteiger partial charge on any atom is 0.354 e. The number of nitrogens with one attached hydrogen (secondary N) is 1. The molecule has 0 spiro atoms. The summed E-state index contributed by atoms with van der Waals surface area (Å²) in [5.74, 6) is -3.75. The largest absolute Gasteiger partial charge is 0.466 e. The number of methoxy groups -OCH3 is 2. The SMILES string of the molecule is COC(=O)/C=C(/Nc1c(F)cc(Br)cc1F)C(=O)OC. The van der Waals surface area contributed by atoms with E-state index < -0.39 is 35.0 Å². The van der Waals surface area contributed by atoms with Gasteiger partial charge in [-0.3, -0.25) is 0 Å². The molecule has 1 N–H and O–H groups in total. The van der Waals surface area contributed by atoms with Crippen LogP contribution in [0, 0.1) is 11.6 Å². The van der Waals surface area contributed by atoms with Crippen molar-refractivity contribution in [3.05, 3.63) is 40.0 Å². The monoisotopic (exact) mass is 349 g/mol. The second kappa shape index (κ2) is 6.99. The highest BCUT2D eigenvalue weighted by molar-refractivity contribution is 9.10. The lowest BCUT2D eigenvalue weighted by atomic mass is 10.2. The molecule has 0 bridgehead atoms. The van der Waals surface area contributed by atoms with Crippen LogP contribution in [0.1, 0.15) is 0 Å². The Balaban J connectivity index is 3.17. The summed E-state index contributed by atoms with van der Waals surface area (Å²) >= 11 is 2.92. The molecule has 1 aromatic carbocycles. The summed E-state index contributed by atoms with van der Waals surface area (Å²) < 4.78 is 36.2. The van der Waals surface area contributed by atoms with Crippen molar-refractivity contribution in [1.82, 2.24) is 0 Å². The summed E-state index contributed by atoms with van der Waals surface area (Å²) in [4.78, 5) is 22.6. The molecule has 1 rings (SSSR count). The van der Waals surface area contributed by atoms with Crippen LogP contribution < -0.4 is 5.32 Å². The molecule has 0 heterocycles. The molecule has 0 radical (unpaired) electrons. The van der Waals surface area contributed by atoms with Crippen molar-refractivity contribution >= 4 is 33.6 Å². The van der Waals surface area contributed by atoms with Crippen molar-refractivity contribution in [2.24, 2.45) is 0 Å². The zero-order chi connectivity index (χ0) is 15.3. The zero-order valence-electron chi connectivity index (χ0n) is 10.5. The minimum atomic E-state index is -0.975. The third-order valence-electron chi connectivity index (χ3n) is 2.14. The average Bonchev–Trinajstić information content (AvgIpc) is 2.40. The third-order valence-corrected chi connectivity index (χ3v) is 2.59. The van der Waals surface area contributed by atoms with Gasteiger partial charge in [-0.1, -0.05) is 15.9 Å². The van der Waals surface area contributed by atoms with Crippen molar-refractivity contribution in [2.45, 2.75) is 0 Å². The Hall–Kier alpha value is -1.96. The summed E-state index contributed by atoms with van der Waals surface area (Å²) in [6, 6.07) is 2.00. The molecule has 20 heavy (non-hydrogen) atoms. The van der Waals surface area contributed by atoms with Crippen molar-refractivity contribution in [2.75, 3.05) is 19.5 Å². The van der Waals surface area contributed by atoms with Crippen molar-refractivity contribution in [3.8, 4) is 0 Å². The fourth-order valence-electron chi connectivity index (χ4n) is 1.23. The lowest BCUT2D eigenvalue weighted by Crippen LogP contribution is -2.17. The number of anilines is 1. The number of halogens is 3. The third kappa shape index (κ3) is 4.02. The second-order valence-electron chi connectivity index (χ2n) is 3.44. The van der Waals surface area contributed by atoms with Gasteiger partial charge in [0.1, 0.15) is 11.4 Å². The topological polar surface area (TPSA) is 64.6 Å². The van der Waals surface area contributed by atoms with E-state index in [2.05, 4.69) is 30.7 Å². The molecule has 0 unspecified atom stereocenters. The number of ether oxygens (including phenoxy) is 2. The van der Waals surface area contributed by atoms with Gasteiger partial charge in [0, 0.05) is 4.47 Å². The van der Waals surface area contributed by atoms with E-state index in [1.807, 2.05) is 0 Å². The molecule has 0 aliphatic rings. The summed E-state index contributed by atoms with van der Waals surface area (Å²) in [5.41, 5.74) is -1.05. The van der Waals surface area contributed by atoms with Gasteiger partial charge < -0.3 is 14.8 Å². The Morgan fingerprint density at radius 3 is 2.20 bits per heavy atom. The molecule has 0 saturated heterocycles. The van der Waals surface area contributed by atoms with Crippen LogP contribution in [0.25, 0.3) is 0 Å². The first kappa shape index (κ1) is 16.1. The molecule has 0 saturated carbocycles. The molecule has 0 aromatic heterocycles. The van der Waals surface area contributed by atoms with Crippen LogP contribution in [-0.2, 0) is 19.1 Å². The molecule has 108 valence electrons. The van der Waals surface area contributed by atoms with Crippen molar-refractivity contribution in [1.29, 1.82) is 0 Å². The van der Waals surface area contributed by atoms with Crippen LogP contribution in [-0.4, -0.2) is 26.2 Å². The van der Waals surface area contributed by atoms with Gasteiger partial charge in [-0.15, -0.1) is 0 Å². The molecule has 0 fully saturated rings. The van der Waals surface area contributed by atoms with E-state index in [1.165, 1.54) is 0 Å². The molecule has 0 aliphatic carbocycles. The summed E-state index contributed by atoms with van der Waals surface area (Å²) in [6.07, 6.45) is 0.729. The molecular weight excluding hydrogens is 340 g/mol.